The van der Waals surface area contributed by atoms with Gasteiger partial charge in [-0.25, -0.2) is 0 Å². The molecular formula is C17H32N4O2. The molecule has 2 fully saturated rings. The van der Waals surface area contributed by atoms with Crippen LogP contribution in [0.2, 0.25) is 0 Å². The Morgan fingerprint density at radius 2 is 2.00 bits per heavy atom. The van der Waals surface area contributed by atoms with Crippen LogP contribution in [0.15, 0.2) is 4.99 Å². The van der Waals surface area contributed by atoms with Crippen LogP contribution < -0.4 is 5.32 Å². The van der Waals surface area contributed by atoms with Crippen LogP contribution in [-0.4, -0.2) is 75.7 Å². The number of likely N-dealkylation sites (tertiary alicyclic amines) is 2. The van der Waals surface area contributed by atoms with Gasteiger partial charge in [0, 0.05) is 26.7 Å². The Labute approximate surface area is 140 Å². The van der Waals surface area contributed by atoms with Crippen molar-refractivity contribution in [3.05, 3.63) is 0 Å². The number of hydrogen-bond acceptors (Lipinski definition) is 4. The van der Waals surface area contributed by atoms with Crippen LogP contribution >= 0.6 is 0 Å². The number of guanidine groups is 1. The molecule has 2 unspecified atom stereocenters. The smallest absolute Gasteiger partial charge is 0.310 e. The molecule has 0 aliphatic carbocycles. The van der Waals surface area contributed by atoms with Crippen molar-refractivity contribution in [2.75, 3.05) is 53.9 Å². The molecule has 2 rings (SSSR count). The van der Waals surface area contributed by atoms with Crippen molar-refractivity contribution in [3.63, 3.8) is 0 Å². The molecule has 1 N–H and O–H groups in total. The average molecular weight is 324 g/mol. The molecule has 6 heteroatoms. The van der Waals surface area contributed by atoms with Crippen LogP contribution in [0.1, 0.15) is 26.2 Å². The van der Waals surface area contributed by atoms with E-state index in [0.717, 1.165) is 25.0 Å². The second kappa shape index (κ2) is 8.52. The number of piperidine rings is 1. The van der Waals surface area contributed by atoms with Crippen molar-refractivity contribution < 1.29 is 9.53 Å². The van der Waals surface area contributed by atoms with Gasteiger partial charge in [0.05, 0.1) is 13.0 Å². The maximum Gasteiger partial charge on any atom is 0.310 e. The summed E-state index contributed by atoms with van der Waals surface area (Å²) in [5.41, 5.74) is 0. The second-order valence-corrected chi connectivity index (χ2v) is 7.02. The fraction of sp³-hybridized carbons (Fsp3) is 0.882. The normalized spacial score (nSPS) is 27.3. The van der Waals surface area contributed by atoms with Gasteiger partial charge in [-0.3, -0.25) is 9.79 Å². The standard InChI is InChI=1S/C17H32N4O2/c1-13-11-21(12-15(13)16(22)23-4)17(18-2)19-8-5-14-6-9-20(3)10-7-14/h13-15H,5-12H2,1-4H3,(H,18,19). The van der Waals surface area contributed by atoms with Crippen molar-refractivity contribution in [3.8, 4) is 0 Å². The largest absolute Gasteiger partial charge is 0.469 e. The number of hydrogen-bond donors (Lipinski definition) is 1. The van der Waals surface area contributed by atoms with E-state index in [1.165, 1.54) is 39.5 Å². The molecule has 0 aromatic rings. The number of esters is 1. The topological polar surface area (TPSA) is 57.2 Å². The highest BCUT2D eigenvalue weighted by Gasteiger charge is 2.36. The molecule has 0 spiro atoms. The lowest BCUT2D eigenvalue weighted by atomic mass is 9.94. The van der Waals surface area contributed by atoms with Crippen LogP contribution in [0.3, 0.4) is 0 Å². The molecule has 0 radical (unpaired) electrons. The third-order valence-corrected chi connectivity index (χ3v) is 5.30. The number of nitrogens with zero attached hydrogens (tertiary/aromatic N) is 3. The summed E-state index contributed by atoms with van der Waals surface area (Å²) < 4.78 is 4.91. The van der Waals surface area contributed by atoms with Gasteiger partial charge >= 0.3 is 5.97 Å². The van der Waals surface area contributed by atoms with Gasteiger partial charge in [-0.05, 0) is 51.2 Å². The summed E-state index contributed by atoms with van der Waals surface area (Å²) in [5, 5.41) is 3.48. The van der Waals surface area contributed by atoms with E-state index in [1.54, 1.807) is 0 Å². The number of ether oxygens (including phenoxy) is 1. The molecule has 0 amide bonds. The first-order valence-electron chi connectivity index (χ1n) is 8.77. The molecule has 6 nitrogen and oxygen atoms in total. The van der Waals surface area contributed by atoms with E-state index in [2.05, 4.69) is 34.1 Å². The van der Waals surface area contributed by atoms with E-state index in [9.17, 15) is 4.79 Å². The molecule has 2 aliphatic rings. The Morgan fingerprint density at radius 3 is 2.61 bits per heavy atom. The Kier molecular flexibility index (Phi) is 6.69. The summed E-state index contributed by atoms with van der Waals surface area (Å²) in [6.45, 7) is 7.03. The number of rotatable bonds is 4. The minimum Gasteiger partial charge on any atom is -0.469 e. The van der Waals surface area contributed by atoms with E-state index >= 15 is 0 Å². The molecule has 2 atom stereocenters. The highest BCUT2D eigenvalue weighted by molar-refractivity contribution is 5.82. The summed E-state index contributed by atoms with van der Waals surface area (Å²) in [5.74, 6) is 1.87. The summed E-state index contributed by atoms with van der Waals surface area (Å²) in [7, 11) is 5.48. The first-order valence-corrected chi connectivity index (χ1v) is 8.77. The maximum atomic E-state index is 11.8. The van der Waals surface area contributed by atoms with E-state index in [4.69, 9.17) is 4.74 Å². The molecular weight excluding hydrogens is 292 g/mol. The van der Waals surface area contributed by atoms with Crippen LogP contribution in [-0.2, 0) is 9.53 Å². The molecule has 23 heavy (non-hydrogen) atoms. The van der Waals surface area contributed by atoms with Crippen LogP contribution in [0.25, 0.3) is 0 Å². The van der Waals surface area contributed by atoms with E-state index in [-0.39, 0.29) is 11.9 Å². The molecule has 2 aliphatic heterocycles. The number of nitrogens with one attached hydrogen (secondary N) is 1. The fourth-order valence-corrected chi connectivity index (χ4v) is 3.67. The predicted octanol–water partition coefficient (Wildman–Crippen LogP) is 1.03. The second-order valence-electron chi connectivity index (χ2n) is 7.02. The summed E-state index contributed by atoms with van der Waals surface area (Å²) >= 11 is 0. The first kappa shape index (κ1) is 18.0. The van der Waals surface area contributed by atoms with Gasteiger partial charge < -0.3 is 19.9 Å². The van der Waals surface area contributed by atoms with E-state index in [0.29, 0.717) is 12.5 Å². The van der Waals surface area contributed by atoms with Crippen LogP contribution in [0.5, 0.6) is 0 Å². The molecule has 0 aromatic carbocycles. The lowest BCUT2D eigenvalue weighted by Gasteiger charge is -2.29. The highest BCUT2D eigenvalue weighted by Crippen LogP contribution is 2.24. The summed E-state index contributed by atoms with van der Waals surface area (Å²) in [6, 6.07) is 0. The molecule has 0 saturated carbocycles. The third-order valence-electron chi connectivity index (χ3n) is 5.30. The highest BCUT2D eigenvalue weighted by atomic mass is 16.5. The number of carbonyl (C=O) groups excluding carboxylic acids is 1. The number of aliphatic imine (C=N–C) groups is 1. The van der Waals surface area contributed by atoms with Gasteiger partial charge in [-0.1, -0.05) is 6.92 Å². The maximum absolute atomic E-state index is 11.8. The van der Waals surface area contributed by atoms with Crippen molar-refractivity contribution >= 4 is 11.9 Å². The summed E-state index contributed by atoms with van der Waals surface area (Å²) in [4.78, 5) is 20.8. The van der Waals surface area contributed by atoms with Gasteiger partial charge in [0.2, 0.25) is 0 Å². The van der Waals surface area contributed by atoms with Gasteiger partial charge in [0.25, 0.3) is 0 Å². The Morgan fingerprint density at radius 1 is 1.30 bits per heavy atom. The van der Waals surface area contributed by atoms with Crippen molar-refractivity contribution in [2.45, 2.75) is 26.2 Å². The zero-order valence-corrected chi connectivity index (χ0v) is 15.0. The predicted molar refractivity (Wildman–Crippen MR) is 92.4 cm³/mol. The lowest BCUT2D eigenvalue weighted by Crippen LogP contribution is -2.41. The van der Waals surface area contributed by atoms with Crippen molar-refractivity contribution in [2.24, 2.45) is 22.7 Å². The minimum atomic E-state index is -0.109. The average Bonchev–Trinajstić information content (AvgIpc) is 2.94. The first-order chi connectivity index (χ1) is 11.0. The number of carbonyl (C=O) groups is 1. The lowest BCUT2D eigenvalue weighted by molar-refractivity contribution is -0.145. The molecule has 132 valence electrons. The Balaban J connectivity index is 1.76. The summed E-state index contributed by atoms with van der Waals surface area (Å²) in [6.07, 6.45) is 3.78. The fourth-order valence-electron chi connectivity index (χ4n) is 3.67. The van der Waals surface area contributed by atoms with Gasteiger partial charge in [-0.15, -0.1) is 0 Å². The Hall–Kier alpha value is -1.30. The van der Waals surface area contributed by atoms with Crippen LogP contribution in [0, 0.1) is 17.8 Å². The Bertz CT molecular complexity index is 419. The minimum absolute atomic E-state index is 0.0487. The van der Waals surface area contributed by atoms with Gasteiger partial charge in [0.15, 0.2) is 5.96 Å². The van der Waals surface area contributed by atoms with E-state index < -0.39 is 0 Å². The molecule has 2 saturated heterocycles. The van der Waals surface area contributed by atoms with Gasteiger partial charge in [0.1, 0.15) is 0 Å². The number of methoxy groups -OCH3 is 1. The zero-order valence-electron chi connectivity index (χ0n) is 15.0. The SMILES string of the molecule is CN=C(NCCC1CCN(C)CC1)N1CC(C)C(C(=O)OC)C1. The molecule has 2 heterocycles. The van der Waals surface area contributed by atoms with Crippen molar-refractivity contribution in [1.82, 2.24) is 15.1 Å². The van der Waals surface area contributed by atoms with Crippen LogP contribution in [0.4, 0.5) is 0 Å². The monoisotopic (exact) mass is 324 g/mol. The van der Waals surface area contributed by atoms with Gasteiger partial charge in [-0.2, -0.15) is 0 Å². The quantitative estimate of drug-likeness (QED) is 0.476. The van der Waals surface area contributed by atoms with Crippen molar-refractivity contribution in [1.29, 1.82) is 0 Å². The third kappa shape index (κ3) is 4.83. The molecule has 0 bridgehead atoms. The molecule has 0 aromatic heterocycles. The zero-order chi connectivity index (χ0) is 16.8. The van der Waals surface area contributed by atoms with E-state index in [1.807, 2.05) is 7.05 Å².